The highest BCUT2D eigenvalue weighted by Crippen LogP contribution is 2.33. The monoisotopic (exact) mass is 431 g/mol. The molecule has 4 aromatic heterocycles. The van der Waals surface area contributed by atoms with E-state index in [-0.39, 0.29) is 0 Å². The van der Waals surface area contributed by atoms with E-state index in [1.807, 2.05) is 73.9 Å². The molecule has 0 spiro atoms. The van der Waals surface area contributed by atoms with Gasteiger partial charge in [-0.15, -0.1) is 0 Å². The van der Waals surface area contributed by atoms with Crippen LogP contribution in [0.15, 0.2) is 79.3 Å². The Morgan fingerprint density at radius 2 is 1.79 bits per heavy atom. The summed E-state index contributed by atoms with van der Waals surface area (Å²) >= 11 is 0. The molecule has 4 heterocycles. The van der Waals surface area contributed by atoms with Gasteiger partial charge < -0.3 is 9.88 Å². The molecule has 0 saturated heterocycles. The normalized spacial score (nSPS) is 11.3. The van der Waals surface area contributed by atoms with Crippen LogP contribution < -0.4 is 4.90 Å². The fraction of sp³-hybridized carbons (Fsp3) is 0.0769. The van der Waals surface area contributed by atoms with Crippen molar-refractivity contribution in [2.24, 2.45) is 0 Å². The molecule has 0 aliphatic rings. The van der Waals surface area contributed by atoms with Gasteiger partial charge in [0, 0.05) is 43.0 Å². The van der Waals surface area contributed by atoms with E-state index in [0.717, 1.165) is 61.5 Å². The number of imidazole rings is 1. The molecule has 6 aromatic rings. The Bertz CT molecular complexity index is 1600. The Kier molecular flexibility index (Phi) is 4.40. The smallest absolute Gasteiger partial charge is 0.159 e. The van der Waals surface area contributed by atoms with Crippen LogP contribution in [0, 0.1) is 0 Å². The van der Waals surface area contributed by atoms with E-state index in [4.69, 9.17) is 4.98 Å². The van der Waals surface area contributed by atoms with Gasteiger partial charge in [0.15, 0.2) is 5.82 Å². The minimum atomic E-state index is 0.719. The molecular formula is C26H21N7. The van der Waals surface area contributed by atoms with Crippen LogP contribution in [0.1, 0.15) is 0 Å². The van der Waals surface area contributed by atoms with Crippen molar-refractivity contribution in [2.45, 2.75) is 0 Å². The van der Waals surface area contributed by atoms with Crippen molar-refractivity contribution >= 4 is 27.6 Å². The van der Waals surface area contributed by atoms with Gasteiger partial charge in [-0.3, -0.25) is 15.1 Å². The number of nitrogens with one attached hydrogen (secondary N) is 2. The van der Waals surface area contributed by atoms with Crippen molar-refractivity contribution in [3.05, 3.63) is 79.3 Å². The summed E-state index contributed by atoms with van der Waals surface area (Å²) in [5, 5.41) is 8.73. The molecule has 2 aromatic carbocycles. The maximum absolute atomic E-state index is 4.92. The van der Waals surface area contributed by atoms with Gasteiger partial charge in [0.25, 0.3) is 0 Å². The molecule has 7 nitrogen and oxygen atoms in total. The SMILES string of the molecule is CN(C)c1cncc(-c2ccc3[nH]nc(-c4nc5c(-c6ccccn6)cccc5[nH]4)c3c2)c1. The van der Waals surface area contributed by atoms with Crippen molar-refractivity contribution in [1.82, 2.24) is 30.1 Å². The zero-order chi connectivity index (χ0) is 22.4. The van der Waals surface area contributed by atoms with E-state index in [1.165, 1.54) is 0 Å². The average Bonchev–Trinajstić information content (AvgIpc) is 3.48. The van der Waals surface area contributed by atoms with Crippen molar-refractivity contribution in [2.75, 3.05) is 19.0 Å². The summed E-state index contributed by atoms with van der Waals surface area (Å²) in [6, 6.07) is 20.4. The first kappa shape index (κ1) is 19.2. The van der Waals surface area contributed by atoms with Crippen LogP contribution in [-0.4, -0.2) is 44.2 Å². The summed E-state index contributed by atoms with van der Waals surface area (Å²) in [6.07, 6.45) is 5.54. The van der Waals surface area contributed by atoms with Gasteiger partial charge in [-0.25, -0.2) is 4.98 Å². The molecule has 2 N–H and O–H groups in total. The summed E-state index contributed by atoms with van der Waals surface area (Å²) in [6.45, 7) is 0. The van der Waals surface area contributed by atoms with Crippen molar-refractivity contribution in [1.29, 1.82) is 0 Å². The fourth-order valence-corrected chi connectivity index (χ4v) is 4.08. The number of aromatic nitrogens is 6. The number of rotatable bonds is 4. The number of fused-ring (bicyclic) bond motifs is 2. The molecule has 0 radical (unpaired) electrons. The molecule has 7 heteroatoms. The zero-order valence-electron chi connectivity index (χ0n) is 18.2. The lowest BCUT2D eigenvalue weighted by atomic mass is 10.0. The topological polar surface area (TPSA) is 86.4 Å². The third-order valence-electron chi connectivity index (χ3n) is 5.81. The summed E-state index contributed by atoms with van der Waals surface area (Å²) in [7, 11) is 4.03. The number of pyridine rings is 2. The van der Waals surface area contributed by atoms with Crippen molar-refractivity contribution in [3.63, 3.8) is 0 Å². The van der Waals surface area contributed by atoms with Gasteiger partial charge in [0.05, 0.1) is 34.1 Å². The Morgan fingerprint density at radius 3 is 2.64 bits per heavy atom. The molecular weight excluding hydrogens is 410 g/mol. The minimum Gasteiger partial charge on any atom is -0.376 e. The van der Waals surface area contributed by atoms with Crippen LogP contribution in [0.25, 0.3) is 55.8 Å². The molecule has 0 amide bonds. The number of nitrogens with zero attached hydrogens (tertiary/aromatic N) is 5. The Hall–Kier alpha value is -4.52. The van der Waals surface area contributed by atoms with Gasteiger partial charge in [0.1, 0.15) is 5.69 Å². The summed E-state index contributed by atoms with van der Waals surface area (Å²) in [4.78, 5) is 19.3. The third kappa shape index (κ3) is 3.30. The minimum absolute atomic E-state index is 0.719. The lowest BCUT2D eigenvalue weighted by molar-refractivity contribution is 1.11. The first-order chi connectivity index (χ1) is 16.2. The van der Waals surface area contributed by atoms with Crippen LogP contribution in [0.2, 0.25) is 0 Å². The van der Waals surface area contributed by atoms with Gasteiger partial charge in [-0.05, 0) is 42.0 Å². The van der Waals surface area contributed by atoms with Crippen molar-refractivity contribution < 1.29 is 0 Å². The van der Waals surface area contributed by atoms with Gasteiger partial charge in [-0.2, -0.15) is 5.10 Å². The molecule has 0 aliphatic carbocycles. The summed E-state index contributed by atoms with van der Waals surface area (Å²) in [5.74, 6) is 0.719. The van der Waals surface area contributed by atoms with E-state index in [1.54, 1.807) is 6.20 Å². The standard InChI is InChI=1S/C26H21N7/c1-33(2)18-12-17(14-27-15-18)16-9-10-22-20(13-16)25(32-31-22)26-29-23-8-5-6-19(24(23)30-26)21-7-3-4-11-28-21/h3-15H,1-2H3,(H,29,30)(H,31,32). The van der Waals surface area contributed by atoms with Crippen LogP contribution >= 0.6 is 0 Å². The predicted octanol–water partition coefficient (Wildman–Crippen LogP) is 5.30. The van der Waals surface area contributed by atoms with E-state index < -0.39 is 0 Å². The second kappa shape index (κ2) is 7.56. The van der Waals surface area contributed by atoms with Crippen LogP contribution in [0.5, 0.6) is 0 Å². The number of anilines is 1. The molecule has 0 aliphatic heterocycles. The van der Waals surface area contributed by atoms with Crippen LogP contribution in [0.4, 0.5) is 5.69 Å². The number of hydrogen-bond donors (Lipinski definition) is 2. The highest BCUT2D eigenvalue weighted by molar-refractivity contribution is 5.98. The molecule has 0 saturated carbocycles. The van der Waals surface area contributed by atoms with Gasteiger partial charge >= 0.3 is 0 Å². The summed E-state index contributed by atoms with van der Waals surface area (Å²) in [5.41, 5.74) is 8.63. The van der Waals surface area contributed by atoms with E-state index in [2.05, 4.69) is 43.3 Å². The van der Waals surface area contributed by atoms with E-state index >= 15 is 0 Å². The maximum Gasteiger partial charge on any atom is 0.159 e. The molecule has 0 fully saturated rings. The molecule has 160 valence electrons. The quantitative estimate of drug-likeness (QED) is 0.396. The lowest BCUT2D eigenvalue weighted by Gasteiger charge is -2.13. The van der Waals surface area contributed by atoms with Gasteiger partial charge in [-0.1, -0.05) is 24.3 Å². The van der Waals surface area contributed by atoms with Crippen LogP contribution in [-0.2, 0) is 0 Å². The second-order valence-corrected chi connectivity index (χ2v) is 8.16. The van der Waals surface area contributed by atoms with E-state index in [9.17, 15) is 0 Å². The highest BCUT2D eigenvalue weighted by Gasteiger charge is 2.16. The second-order valence-electron chi connectivity index (χ2n) is 8.16. The number of aromatic amines is 2. The predicted molar refractivity (Wildman–Crippen MR) is 132 cm³/mol. The maximum atomic E-state index is 4.92. The Balaban J connectivity index is 1.48. The molecule has 0 unspecified atom stereocenters. The summed E-state index contributed by atoms with van der Waals surface area (Å²) < 4.78 is 0. The van der Waals surface area contributed by atoms with Crippen LogP contribution in [0.3, 0.4) is 0 Å². The molecule has 6 rings (SSSR count). The van der Waals surface area contributed by atoms with Crippen molar-refractivity contribution in [3.8, 4) is 33.9 Å². The average molecular weight is 432 g/mol. The lowest BCUT2D eigenvalue weighted by Crippen LogP contribution is -2.08. The van der Waals surface area contributed by atoms with E-state index in [0.29, 0.717) is 0 Å². The number of benzene rings is 2. The number of para-hydroxylation sites is 1. The number of hydrogen-bond acceptors (Lipinski definition) is 5. The Labute approximate surface area is 190 Å². The first-order valence-electron chi connectivity index (χ1n) is 10.7. The van der Waals surface area contributed by atoms with Gasteiger partial charge in [0.2, 0.25) is 0 Å². The molecule has 0 atom stereocenters. The highest BCUT2D eigenvalue weighted by atomic mass is 15.1. The number of H-pyrrole nitrogens is 2. The molecule has 0 bridgehead atoms. The first-order valence-corrected chi connectivity index (χ1v) is 10.7. The zero-order valence-corrected chi connectivity index (χ0v) is 18.2. The molecule has 33 heavy (non-hydrogen) atoms. The fourth-order valence-electron chi connectivity index (χ4n) is 4.08. The largest absolute Gasteiger partial charge is 0.376 e. The third-order valence-corrected chi connectivity index (χ3v) is 5.81. The Morgan fingerprint density at radius 1 is 0.848 bits per heavy atom.